The van der Waals surface area contributed by atoms with Crippen LogP contribution in [0.2, 0.25) is 0 Å². The molecule has 9 heteroatoms. The number of hydrogen-bond acceptors (Lipinski definition) is 5. The van der Waals surface area contributed by atoms with E-state index in [1.807, 2.05) is 19.9 Å². The number of hydrogen-bond donors (Lipinski definition) is 1. The topological polar surface area (TPSA) is 77.8 Å². The number of aryl methyl sites for hydroxylation is 3. The van der Waals surface area contributed by atoms with Crippen LogP contribution in [0.1, 0.15) is 28.0 Å². The molecule has 37 heavy (non-hydrogen) atoms. The van der Waals surface area contributed by atoms with Crippen LogP contribution in [0.4, 0.5) is 18.9 Å². The van der Waals surface area contributed by atoms with Gasteiger partial charge in [0.2, 0.25) is 11.2 Å². The molecule has 1 amide bonds. The number of amides is 1. The fourth-order valence-corrected chi connectivity index (χ4v) is 3.67. The third-order valence-electron chi connectivity index (χ3n) is 5.88. The van der Waals surface area contributed by atoms with Crippen molar-refractivity contribution >= 4 is 22.6 Å². The van der Waals surface area contributed by atoms with Gasteiger partial charge in [-0.05, 0) is 74.2 Å². The molecule has 4 rings (SSSR count). The van der Waals surface area contributed by atoms with E-state index in [0.29, 0.717) is 11.3 Å². The molecule has 0 bridgehead atoms. The lowest BCUT2D eigenvalue weighted by Crippen LogP contribution is -2.21. The highest BCUT2D eigenvalue weighted by molar-refractivity contribution is 5.92. The fourth-order valence-electron chi connectivity index (χ4n) is 3.67. The van der Waals surface area contributed by atoms with Gasteiger partial charge < -0.3 is 19.2 Å². The van der Waals surface area contributed by atoms with Crippen molar-refractivity contribution in [2.45, 2.75) is 33.9 Å². The molecule has 0 radical (unpaired) electrons. The number of nitrogens with one attached hydrogen (secondary N) is 1. The molecule has 3 aromatic carbocycles. The molecule has 0 saturated heterocycles. The number of ether oxygens (including phenoxy) is 2. The second-order valence-electron chi connectivity index (χ2n) is 8.70. The highest BCUT2D eigenvalue weighted by Crippen LogP contribution is 2.39. The zero-order valence-corrected chi connectivity index (χ0v) is 20.6. The zero-order chi connectivity index (χ0) is 26.9. The minimum atomic E-state index is -5.00. The number of alkyl halides is 3. The Morgan fingerprint density at radius 3 is 2.46 bits per heavy atom. The van der Waals surface area contributed by atoms with Crippen molar-refractivity contribution in [1.82, 2.24) is 0 Å². The van der Waals surface area contributed by atoms with Crippen LogP contribution in [0.3, 0.4) is 0 Å². The van der Waals surface area contributed by atoms with Crippen LogP contribution in [0.15, 0.2) is 63.8 Å². The molecule has 0 fully saturated rings. The molecule has 0 saturated carbocycles. The highest BCUT2D eigenvalue weighted by Gasteiger charge is 2.40. The summed E-state index contributed by atoms with van der Waals surface area (Å²) in [4.78, 5) is 25.4. The summed E-state index contributed by atoms with van der Waals surface area (Å²) < 4.78 is 57.6. The predicted octanol–water partition coefficient (Wildman–Crippen LogP) is 6.86. The monoisotopic (exact) mass is 511 g/mol. The number of carbonyl (C=O) groups excluding carboxylic acids is 1. The van der Waals surface area contributed by atoms with Crippen LogP contribution in [0.5, 0.6) is 17.2 Å². The zero-order valence-electron chi connectivity index (χ0n) is 20.6. The second kappa shape index (κ2) is 10.0. The van der Waals surface area contributed by atoms with Gasteiger partial charge >= 0.3 is 6.18 Å². The average Bonchev–Trinajstić information content (AvgIpc) is 2.83. The molecule has 1 heterocycles. The van der Waals surface area contributed by atoms with Gasteiger partial charge in [-0.3, -0.25) is 9.59 Å². The Bertz CT molecular complexity index is 1560. The van der Waals surface area contributed by atoms with Gasteiger partial charge in [0, 0.05) is 11.8 Å². The van der Waals surface area contributed by atoms with Gasteiger partial charge in [0.05, 0.1) is 5.39 Å². The average molecular weight is 511 g/mol. The Labute approximate surface area is 210 Å². The predicted molar refractivity (Wildman–Crippen MR) is 134 cm³/mol. The van der Waals surface area contributed by atoms with Gasteiger partial charge in [0.25, 0.3) is 11.7 Å². The fraction of sp³-hybridized carbons (Fsp3) is 0.214. The maximum Gasteiger partial charge on any atom is 0.453 e. The van der Waals surface area contributed by atoms with Crippen molar-refractivity contribution in [2.24, 2.45) is 0 Å². The minimum Gasteiger partial charge on any atom is -0.484 e. The Balaban J connectivity index is 1.63. The van der Waals surface area contributed by atoms with Gasteiger partial charge in [0.1, 0.15) is 17.1 Å². The van der Waals surface area contributed by atoms with E-state index in [4.69, 9.17) is 13.9 Å². The largest absolute Gasteiger partial charge is 0.484 e. The molecule has 4 aromatic rings. The first-order valence-corrected chi connectivity index (χ1v) is 11.4. The van der Waals surface area contributed by atoms with Gasteiger partial charge in [0.15, 0.2) is 6.61 Å². The van der Waals surface area contributed by atoms with E-state index in [0.717, 1.165) is 22.8 Å². The smallest absolute Gasteiger partial charge is 0.453 e. The summed E-state index contributed by atoms with van der Waals surface area (Å²) in [7, 11) is 0. The van der Waals surface area contributed by atoms with Gasteiger partial charge in [-0.15, -0.1) is 0 Å². The van der Waals surface area contributed by atoms with Crippen LogP contribution >= 0.6 is 0 Å². The second-order valence-corrected chi connectivity index (χ2v) is 8.70. The summed E-state index contributed by atoms with van der Waals surface area (Å²) in [6.45, 7) is 6.79. The molecule has 0 aliphatic carbocycles. The van der Waals surface area contributed by atoms with Crippen molar-refractivity contribution in [1.29, 1.82) is 0 Å². The summed E-state index contributed by atoms with van der Waals surface area (Å²) >= 11 is 0. The summed E-state index contributed by atoms with van der Waals surface area (Å²) in [6, 6.07) is 14.3. The molecular formula is C28H24F3NO5. The summed E-state index contributed by atoms with van der Waals surface area (Å²) in [5.41, 5.74) is 2.52. The number of halogens is 3. The lowest BCUT2D eigenvalue weighted by Gasteiger charge is -2.15. The van der Waals surface area contributed by atoms with E-state index >= 15 is 0 Å². The highest BCUT2D eigenvalue weighted by atomic mass is 19.4. The Hall–Kier alpha value is -4.27. The van der Waals surface area contributed by atoms with Crippen LogP contribution in [-0.2, 0) is 11.0 Å². The Morgan fingerprint density at radius 1 is 0.973 bits per heavy atom. The van der Waals surface area contributed by atoms with E-state index in [1.54, 1.807) is 44.2 Å². The van der Waals surface area contributed by atoms with E-state index in [9.17, 15) is 22.8 Å². The number of rotatable bonds is 6. The molecule has 6 nitrogen and oxygen atoms in total. The Kier molecular flexibility index (Phi) is 6.98. The van der Waals surface area contributed by atoms with E-state index in [2.05, 4.69) is 5.32 Å². The Morgan fingerprint density at radius 2 is 1.73 bits per heavy atom. The van der Waals surface area contributed by atoms with Crippen LogP contribution in [0.25, 0.3) is 11.0 Å². The standard InChI is InChI=1S/C28H24F3NO5/c1-15-8-9-17(3)22(12-15)36-26-25(34)20-11-10-19(13-23(20)37-27(26)28(29,30)31)35-14-24(33)32-21-7-5-6-16(2)18(21)4/h5-13H,14H2,1-4H3,(H,32,33). The molecule has 1 N–H and O–H groups in total. The quantitative estimate of drug-likeness (QED) is 0.306. The number of anilines is 1. The molecule has 0 atom stereocenters. The lowest BCUT2D eigenvalue weighted by molar-refractivity contribution is -0.154. The molecule has 1 aromatic heterocycles. The van der Waals surface area contributed by atoms with Crippen molar-refractivity contribution in [3.63, 3.8) is 0 Å². The van der Waals surface area contributed by atoms with Crippen molar-refractivity contribution in [2.75, 3.05) is 11.9 Å². The first kappa shape index (κ1) is 25.8. The van der Waals surface area contributed by atoms with Crippen LogP contribution in [-0.4, -0.2) is 12.5 Å². The van der Waals surface area contributed by atoms with Crippen LogP contribution in [0, 0.1) is 27.7 Å². The third kappa shape index (κ3) is 5.61. The van der Waals surface area contributed by atoms with E-state index in [-0.39, 0.29) is 22.5 Å². The molecule has 0 aliphatic heterocycles. The van der Waals surface area contributed by atoms with Gasteiger partial charge in [-0.1, -0.05) is 24.3 Å². The summed E-state index contributed by atoms with van der Waals surface area (Å²) in [5.74, 6) is -2.79. The van der Waals surface area contributed by atoms with Gasteiger partial charge in [-0.2, -0.15) is 13.2 Å². The molecule has 0 aliphatic rings. The van der Waals surface area contributed by atoms with E-state index in [1.165, 1.54) is 12.1 Å². The first-order valence-electron chi connectivity index (χ1n) is 11.4. The van der Waals surface area contributed by atoms with Crippen molar-refractivity contribution in [3.8, 4) is 17.2 Å². The summed E-state index contributed by atoms with van der Waals surface area (Å²) in [6.07, 6.45) is -5.00. The number of benzene rings is 3. The maximum absolute atomic E-state index is 13.9. The molecule has 192 valence electrons. The number of fused-ring (bicyclic) bond motifs is 1. The third-order valence-corrected chi connectivity index (χ3v) is 5.88. The van der Waals surface area contributed by atoms with Crippen molar-refractivity contribution < 1.29 is 31.9 Å². The number of carbonyl (C=O) groups is 1. The molecule has 0 unspecified atom stereocenters. The first-order chi connectivity index (χ1) is 17.4. The molecule has 0 spiro atoms. The normalized spacial score (nSPS) is 11.4. The lowest BCUT2D eigenvalue weighted by atomic mass is 10.1. The van der Waals surface area contributed by atoms with Crippen LogP contribution < -0.4 is 20.2 Å². The summed E-state index contributed by atoms with van der Waals surface area (Å²) in [5, 5.41) is 2.61. The molecular weight excluding hydrogens is 487 g/mol. The van der Waals surface area contributed by atoms with Crippen molar-refractivity contribution in [3.05, 3.63) is 92.8 Å². The van der Waals surface area contributed by atoms with E-state index < -0.39 is 35.6 Å². The minimum absolute atomic E-state index is 0.0584. The maximum atomic E-state index is 13.9. The SMILES string of the molecule is Cc1ccc(C)c(Oc2c(C(F)(F)F)oc3cc(OCC(=O)Nc4cccc(C)c4C)ccc3c2=O)c1. The van der Waals surface area contributed by atoms with Gasteiger partial charge in [-0.25, -0.2) is 0 Å².